The molecule has 0 bridgehead atoms. The number of nitrogens with one attached hydrogen (secondary N) is 1. The summed E-state index contributed by atoms with van der Waals surface area (Å²) in [5.41, 5.74) is 5.21. The van der Waals surface area contributed by atoms with Crippen LogP contribution in [0.4, 0.5) is 0 Å². The lowest BCUT2D eigenvalue weighted by Crippen LogP contribution is -2.23. The van der Waals surface area contributed by atoms with Gasteiger partial charge in [0.1, 0.15) is 5.15 Å². The van der Waals surface area contributed by atoms with Crippen molar-refractivity contribution in [3.05, 3.63) is 82.9 Å². The third-order valence-corrected chi connectivity index (χ3v) is 6.71. The zero-order chi connectivity index (χ0) is 24.7. The monoisotopic (exact) mass is 483 g/mol. The van der Waals surface area contributed by atoms with E-state index in [-0.39, 0.29) is 5.56 Å². The number of pyridine rings is 1. The molecule has 0 atom stereocenters. The Labute approximate surface area is 206 Å². The number of nitrogens with zero attached hydrogens (tertiary/aromatic N) is 4. The van der Waals surface area contributed by atoms with E-state index in [9.17, 15) is 15.2 Å². The Hall–Kier alpha value is -4.15. The van der Waals surface area contributed by atoms with E-state index in [1.54, 1.807) is 24.5 Å². The van der Waals surface area contributed by atoms with Gasteiger partial charge < -0.3 is 9.67 Å². The Morgan fingerprint density at radius 3 is 2.69 bits per heavy atom. The molecule has 0 saturated carbocycles. The molecule has 5 rings (SSSR count). The molecule has 0 unspecified atom stereocenters. The number of carboxylic acids is 1. The molecular formula is C27H22ClN5O2. The highest BCUT2D eigenvalue weighted by Crippen LogP contribution is 2.44. The second kappa shape index (κ2) is 8.57. The van der Waals surface area contributed by atoms with E-state index in [2.05, 4.69) is 38.0 Å². The van der Waals surface area contributed by atoms with Crippen molar-refractivity contribution in [3.63, 3.8) is 0 Å². The van der Waals surface area contributed by atoms with Crippen molar-refractivity contribution in [2.75, 3.05) is 0 Å². The number of hydrogen-bond donors (Lipinski definition) is 2. The van der Waals surface area contributed by atoms with E-state index in [1.807, 2.05) is 38.1 Å². The van der Waals surface area contributed by atoms with E-state index < -0.39 is 11.4 Å². The maximum atomic E-state index is 11.5. The maximum Gasteiger partial charge on any atom is 0.335 e. The molecule has 3 aromatic heterocycles. The Bertz CT molecular complexity index is 1620. The summed E-state index contributed by atoms with van der Waals surface area (Å²) in [5, 5.41) is 28.7. The number of aromatic carboxylic acids is 1. The minimum Gasteiger partial charge on any atom is -0.478 e. The van der Waals surface area contributed by atoms with Gasteiger partial charge in [0, 0.05) is 45.6 Å². The second-order valence-corrected chi connectivity index (χ2v) is 9.55. The molecule has 0 aliphatic carbocycles. The van der Waals surface area contributed by atoms with Gasteiger partial charge in [-0.25, -0.2) is 9.78 Å². The van der Waals surface area contributed by atoms with Gasteiger partial charge in [0.05, 0.1) is 35.4 Å². The van der Waals surface area contributed by atoms with Gasteiger partial charge in [0.25, 0.3) is 0 Å². The normalized spacial score (nSPS) is 11.7. The maximum absolute atomic E-state index is 11.5. The third kappa shape index (κ3) is 3.92. The predicted molar refractivity (Wildman–Crippen MR) is 136 cm³/mol. The summed E-state index contributed by atoms with van der Waals surface area (Å²) in [6.07, 6.45) is 3.74. The molecule has 0 aliphatic rings. The largest absolute Gasteiger partial charge is 0.478 e. The SMILES string of the molecule is CC(C)(CC#N)c1c(-c2ccc(C(=O)O)cc2)c2cc3[nH]ncc3cc2n1Cc1cccnc1Cl. The number of nitriles is 1. The number of benzene rings is 2. The molecule has 5 aromatic rings. The van der Waals surface area contributed by atoms with Crippen molar-refractivity contribution < 1.29 is 9.90 Å². The highest BCUT2D eigenvalue weighted by atomic mass is 35.5. The molecular weight excluding hydrogens is 462 g/mol. The summed E-state index contributed by atoms with van der Waals surface area (Å²) in [6.45, 7) is 4.56. The van der Waals surface area contributed by atoms with Gasteiger partial charge >= 0.3 is 5.97 Å². The van der Waals surface area contributed by atoms with Crippen LogP contribution < -0.4 is 0 Å². The van der Waals surface area contributed by atoms with Crippen LogP contribution in [0.25, 0.3) is 32.9 Å². The van der Waals surface area contributed by atoms with Crippen molar-refractivity contribution in [2.45, 2.75) is 32.2 Å². The van der Waals surface area contributed by atoms with Crippen LogP contribution in [0.15, 0.2) is 60.9 Å². The molecule has 0 spiro atoms. The Morgan fingerprint density at radius 2 is 2.00 bits per heavy atom. The van der Waals surface area contributed by atoms with Crippen LogP contribution in [-0.2, 0) is 12.0 Å². The summed E-state index contributed by atoms with van der Waals surface area (Å²) < 4.78 is 2.20. The molecule has 7 nitrogen and oxygen atoms in total. The lowest BCUT2D eigenvalue weighted by molar-refractivity contribution is 0.0697. The smallest absolute Gasteiger partial charge is 0.335 e. The number of halogens is 1. The van der Waals surface area contributed by atoms with Crippen LogP contribution >= 0.6 is 11.6 Å². The fourth-order valence-electron chi connectivity index (χ4n) is 4.71. The average molecular weight is 484 g/mol. The van der Waals surface area contributed by atoms with Crippen molar-refractivity contribution in [2.24, 2.45) is 0 Å². The minimum absolute atomic E-state index is 0.216. The molecule has 2 N–H and O–H groups in total. The van der Waals surface area contributed by atoms with E-state index in [1.165, 1.54) is 0 Å². The van der Waals surface area contributed by atoms with Gasteiger partial charge in [0.15, 0.2) is 0 Å². The predicted octanol–water partition coefficient (Wildman–Crippen LogP) is 6.17. The van der Waals surface area contributed by atoms with E-state index >= 15 is 0 Å². The molecule has 0 aliphatic heterocycles. The van der Waals surface area contributed by atoms with Gasteiger partial charge in [-0.15, -0.1) is 0 Å². The number of aromatic nitrogens is 4. The number of carboxylic acid groups (broad SMARTS) is 1. The minimum atomic E-state index is -0.977. The summed E-state index contributed by atoms with van der Waals surface area (Å²) in [7, 11) is 0. The molecule has 2 aromatic carbocycles. The quantitative estimate of drug-likeness (QED) is 0.281. The number of H-pyrrole nitrogens is 1. The lowest BCUT2D eigenvalue weighted by atomic mass is 9.81. The molecule has 35 heavy (non-hydrogen) atoms. The highest BCUT2D eigenvalue weighted by molar-refractivity contribution is 6.30. The molecule has 0 radical (unpaired) electrons. The summed E-state index contributed by atoms with van der Waals surface area (Å²) >= 11 is 6.45. The first-order chi connectivity index (χ1) is 16.8. The summed E-state index contributed by atoms with van der Waals surface area (Å²) in [6, 6.07) is 17.1. The molecule has 8 heteroatoms. The van der Waals surface area contributed by atoms with Crippen molar-refractivity contribution in [1.82, 2.24) is 19.7 Å². The van der Waals surface area contributed by atoms with Gasteiger partial charge in [-0.1, -0.05) is 43.6 Å². The summed E-state index contributed by atoms with van der Waals surface area (Å²) in [4.78, 5) is 15.7. The van der Waals surface area contributed by atoms with Gasteiger partial charge in [-0.2, -0.15) is 10.4 Å². The number of fused-ring (bicyclic) bond motifs is 2. The number of aromatic amines is 1. The summed E-state index contributed by atoms with van der Waals surface area (Å²) in [5.74, 6) is -0.977. The Morgan fingerprint density at radius 1 is 1.23 bits per heavy atom. The van der Waals surface area contributed by atoms with Crippen LogP contribution in [0, 0.1) is 11.3 Å². The average Bonchev–Trinajstić information content (AvgIpc) is 3.41. The van der Waals surface area contributed by atoms with Crippen LogP contribution in [0.1, 0.15) is 41.9 Å². The molecule has 174 valence electrons. The fraction of sp³-hybridized carbons (Fsp3) is 0.185. The lowest BCUT2D eigenvalue weighted by Gasteiger charge is -2.27. The molecule has 0 saturated heterocycles. The fourth-order valence-corrected chi connectivity index (χ4v) is 4.89. The molecule has 3 heterocycles. The van der Waals surface area contributed by atoms with Crippen molar-refractivity contribution in [1.29, 1.82) is 5.26 Å². The van der Waals surface area contributed by atoms with Crippen molar-refractivity contribution >= 4 is 39.4 Å². The Kier molecular flexibility index (Phi) is 5.54. The van der Waals surface area contributed by atoms with Gasteiger partial charge in [-0.3, -0.25) is 5.10 Å². The van der Waals surface area contributed by atoms with Crippen molar-refractivity contribution in [3.8, 4) is 17.2 Å². The van der Waals surface area contributed by atoms with E-state index in [4.69, 9.17) is 11.6 Å². The van der Waals surface area contributed by atoms with Gasteiger partial charge in [0.2, 0.25) is 0 Å². The topological polar surface area (TPSA) is 108 Å². The number of carbonyl (C=O) groups is 1. The second-order valence-electron chi connectivity index (χ2n) is 9.19. The van der Waals surface area contributed by atoms with Crippen LogP contribution in [-0.4, -0.2) is 30.8 Å². The first kappa shape index (κ1) is 22.6. The van der Waals surface area contributed by atoms with Crippen LogP contribution in [0.3, 0.4) is 0 Å². The molecule has 0 amide bonds. The first-order valence-electron chi connectivity index (χ1n) is 11.1. The zero-order valence-electron chi connectivity index (χ0n) is 19.2. The third-order valence-electron chi connectivity index (χ3n) is 6.37. The molecule has 0 fully saturated rings. The van der Waals surface area contributed by atoms with Crippen LogP contribution in [0.2, 0.25) is 5.15 Å². The Balaban J connectivity index is 1.88. The standard InChI is InChI=1S/C27H22ClN5O2/c1-27(2,9-10-29)24-23(16-5-7-17(8-6-16)26(34)35)20-13-21-19(14-31-32-21)12-22(20)33(24)15-18-4-3-11-30-25(18)28/h3-8,11-14H,9,15H2,1-2H3,(H,31,32)(H,34,35). The zero-order valence-corrected chi connectivity index (χ0v) is 20.0. The highest BCUT2D eigenvalue weighted by Gasteiger charge is 2.32. The number of rotatable bonds is 6. The van der Waals surface area contributed by atoms with Gasteiger partial charge in [-0.05, 0) is 35.9 Å². The van der Waals surface area contributed by atoms with E-state index in [0.717, 1.165) is 44.2 Å². The first-order valence-corrected chi connectivity index (χ1v) is 11.5. The van der Waals surface area contributed by atoms with Crippen LogP contribution in [0.5, 0.6) is 0 Å². The van der Waals surface area contributed by atoms with E-state index in [0.29, 0.717) is 18.1 Å². The number of hydrogen-bond acceptors (Lipinski definition) is 4.